The fourth-order valence-corrected chi connectivity index (χ4v) is 4.65. The highest BCUT2D eigenvalue weighted by molar-refractivity contribution is 6.00. The van der Waals surface area contributed by atoms with Gasteiger partial charge >= 0.3 is 5.97 Å². The number of aromatic amines is 1. The first kappa shape index (κ1) is 31.9. The van der Waals surface area contributed by atoms with Gasteiger partial charge in [0.2, 0.25) is 11.8 Å². The number of hydrogen-bond donors (Lipinski definition) is 7. The second-order valence-electron chi connectivity index (χ2n) is 10.3. The topological polar surface area (TPSA) is 275 Å². The van der Waals surface area contributed by atoms with Crippen LogP contribution < -0.4 is 32.2 Å². The van der Waals surface area contributed by atoms with Crippen LogP contribution in [0.2, 0.25) is 0 Å². The van der Waals surface area contributed by atoms with E-state index in [0.29, 0.717) is 33.8 Å². The standard InChI is InChI=1S/C29H31N13O5/c1-14-5-7-17(18(10-14)24-39-41-42-40-24)27(44)32-9-3-4-20(28(45)46)36-26(43)15-6-8-19(21(11-15)47-2)33-12-16-13-34-25-22(35-16)23(30)37-29(31)38-25/h5-8,10-11,13,20,33H,3-4,9,12H2,1-2H3,(H,32,44)(H,36,43)(H,45,46)(H,39,40,41,42)(H4,30,31,34,37,38)/t20-/m0/s1. The molecule has 0 aliphatic heterocycles. The Morgan fingerprint density at radius 3 is 2.64 bits per heavy atom. The van der Waals surface area contributed by atoms with E-state index in [1.807, 2.05) is 6.92 Å². The molecule has 0 fully saturated rings. The van der Waals surface area contributed by atoms with E-state index in [4.69, 9.17) is 16.2 Å². The van der Waals surface area contributed by atoms with E-state index in [9.17, 15) is 19.5 Å². The maximum Gasteiger partial charge on any atom is 0.326 e. The average Bonchev–Trinajstić information content (AvgIpc) is 3.60. The summed E-state index contributed by atoms with van der Waals surface area (Å²) in [6.45, 7) is 2.28. The predicted octanol–water partition coefficient (Wildman–Crippen LogP) is 1.09. The summed E-state index contributed by atoms with van der Waals surface area (Å²) in [6.07, 6.45) is 1.86. The zero-order valence-corrected chi connectivity index (χ0v) is 25.3. The minimum absolute atomic E-state index is 0.00176. The number of aliphatic carboxylic acids is 1. The number of carboxylic acids is 1. The number of aromatic nitrogens is 8. The van der Waals surface area contributed by atoms with Crippen LogP contribution in [0.25, 0.3) is 22.6 Å². The molecule has 3 aromatic heterocycles. The van der Waals surface area contributed by atoms with Crippen molar-refractivity contribution in [1.82, 2.24) is 51.2 Å². The molecule has 9 N–H and O–H groups in total. The van der Waals surface area contributed by atoms with Crippen molar-refractivity contribution in [3.8, 4) is 17.1 Å². The van der Waals surface area contributed by atoms with Crippen LogP contribution in [0.5, 0.6) is 5.75 Å². The monoisotopic (exact) mass is 641 g/mol. The summed E-state index contributed by atoms with van der Waals surface area (Å²) in [5.74, 6) is -1.47. The molecular formula is C29H31N13O5. The predicted molar refractivity (Wildman–Crippen MR) is 169 cm³/mol. The number of carbonyl (C=O) groups is 3. The number of anilines is 3. The average molecular weight is 642 g/mol. The second-order valence-corrected chi connectivity index (χ2v) is 10.3. The van der Waals surface area contributed by atoms with Crippen LogP contribution in [0.15, 0.2) is 42.6 Å². The molecule has 0 saturated carbocycles. The van der Waals surface area contributed by atoms with Gasteiger partial charge in [-0.3, -0.25) is 9.59 Å². The number of carbonyl (C=O) groups excluding carboxylic acids is 2. The first-order valence-corrected chi connectivity index (χ1v) is 14.3. The van der Waals surface area contributed by atoms with E-state index in [2.05, 4.69) is 56.5 Å². The third kappa shape index (κ3) is 7.62. The first-order valence-electron chi connectivity index (χ1n) is 14.3. The molecule has 242 valence electrons. The molecule has 0 aliphatic carbocycles. The molecule has 1 atom stereocenters. The maximum absolute atomic E-state index is 13.0. The van der Waals surface area contributed by atoms with E-state index >= 15 is 0 Å². The summed E-state index contributed by atoms with van der Waals surface area (Å²) >= 11 is 0. The third-order valence-electron chi connectivity index (χ3n) is 6.99. The van der Waals surface area contributed by atoms with Gasteiger partial charge < -0.3 is 37.3 Å². The Morgan fingerprint density at radius 2 is 1.89 bits per heavy atom. The summed E-state index contributed by atoms with van der Waals surface area (Å²) in [4.78, 5) is 54.4. The Kier molecular flexibility index (Phi) is 9.58. The lowest BCUT2D eigenvalue weighted by Crippen LogP contribution is -2.41. The van der Waals surface area contributed by atoms with Crippen molar-refractivity contribution in [2.45, 2.75) is 32.4 Å². The molecule has 0 aliphatic rings. The number of methoxy groups -OCH3 is 1. The van der Waals surface area contributed by atoms with Crippen LogP contribution in [0.1, 0.15) is 44.8 Å². The van der Waals surface area contributed by atoms with Gasteiger partial charge in [0.25, 0.3) is 11.8 Å². The molecule has 47 heavy (non-hydrogen) atoms. The molecule has 5 aromatic rings. The van der Waals surface area contributed by atoms with E-state index in [1.165, 1.54) is 25.4 Å². The van der Waals surface area contributed by atoms with E-state index < -0.39 is 17.9 Å². The van der Waals surface area contributed by atoms with E-state index in [0.717, 1.165) is 5.56 Å². The van der Waals surface area contributed by atoms with Crippen LogP contribution in [0.4, 0.5) is 17.5 Å². The number of H-pyrrole nitrogens is 1. The zero-order chi connectivity index (χ0) is 33.5. The number of amides is 2. The molecule has 2 amide bonds. The van der Waals surface area contributed by atoms with Crippen LogP contribution >= 0.6 is 0 Å². The van der Waals surface area contributed by atoms with Gasteiger partial charge in [0, 0.05) is 17.7 Å². The quantitative estimate of drug-likeness (QED) is 0.0886. The summed E-state index contributed by atoms with van der Waals surface area (Å²) < 4.78 is 5.45. The highest BCUT2D eigenvalue weighted by Crippen LogP contribution is 2.27. The second kappa shape index (κ2) is 14.1. The number of nitrogens with one attached hydrogen (secondary N) is 4. The van der Waals surface area contributed by atoms with E-state index in [-0.39, 0.29) is 60.6 Å². The van der Waals surface area contributed by atoms with Crippen molar-refractivity contribution in [3.63, 3.8) is 0 Å². The first-order chi connectivity index (χ1) is 22.6. The number of hydrogen-bond acceptors (Lipinski definition) is 14. The van der Waals surface area contributed by atoms with Gasteiger partial charge in [0.1, 0.15) is 11.8 Å². The van der Waals surface area contributed by atoms with Crippen molar-refractivity contribution in [2.24, 2.45) is 0 Å². The Balaban J connectivity index is 1.16. The van der Waals surface area contributed by atoms with Crippen LogP contribution in [0, 0.1) is 6.92 Å². The number of rotatable bonds is 13. The highest BCUT2D eigenvalue weighted by Gasteiger charge is 2.22. The van der Waals surface area contributed by atoms with Crippen molar-refractivity contribution in [3.05, 3.63) is 65.0 Å². The summed E-state index contributed by atoms with van der Waals surface area (Å²) in [7, 11) is 1.44. The Hall–Kier alpha value is -6.46. The number of nitrogens with zero attached hydrogens (tertiary/aromatic N) is 7. The lowest BCUT2D eigenvalue weighted by atomic mass is 10.0. The van der Waals surface area contributed by atoms with E-state index in [1.54, 1.807) is 24.3 Å². The molecule has 0 spiro atoms. The van der Waals surface area contributed by atoms with Gasteiger partial charge in [0.15, 0.2) is 17.0 Å². The zero-order valence-electron chi connectivity index (χ0n) is 25.3. The number of fused-ring (bicyclic) bond motifs is 1. The summed E-state index contributed by atoms with van der Waals surface area (Å²) in [6, 6.07) is 8.66. The lowest BCUT2D eigenvalue weighted by Gasteiger charge is -2.16. The fourth-order valence-electron chi connectivity index (χ4n) is 4.65. The summed E-state index contributed by atoms with van der Waals surface area (Å²) in [5.41, 5.74) is 15.1. The molecule has 3 heterocycles. The molecule has 0 bridgehead atoms. The minimum Gasteiger partial charge on any atom is -0.495 e. The minimum atomic E-state index is -1.21. The van der Waals surface area contributed by atoms with Gasteiger partial charge in [-0.2, -0.15) is 15.2 Å². The molecule has 0 radical (unpaired) electrons. The molecule has 2 aromatic carbocycles. The van der Waals surface area contributed by atoms with Gasteiger partial charge in [-0.15, -0.1) is 10.2 Å². The van der Waals surface area contributed by atoms with Crippen LogP contribution in [-0.2, 0) is 11.3 Å². The number of tetrazole rings is 1. The van der Waals surface area contributed by atoms with Crippen molar-refractivity contribution < 1.29 is 24.2 Å². The Labute approximate surface area is 266 Å². The summed E-state index contributed by atoms with van der Waals surface area (Å²) in [5, 5.41) is 32.1. The third-order valence-corrected chi connectivity index (χ3v) is 6.99. The fraction of sp³-hybridized carbons (Fsp3) is 0.241. The van der Waals surface area contributed by atoms with Crippen molar-refractivity contribution in [2.75, 3.05) is 30.4 Å². The number of aryl methyl sites for hydroxylation is 1. The van der Waals surface area contributed by atoms with Gasteiger partial charge in [-0.25, -0.2) is 14.8 Å². The lowest BCUT2D eigenvalue weighted by molar-refractivity contribution is -0.139. The maximum atomic E-state index is 13.0. The number of nitrogen functional groups attached to an aromatic ring is 2. The molecule has 18 heteroatoms. The van der Waals surface area contributed by atoms with Crippen molar-refractivity contribution in [1.29, 1.82) is 0 Å². The largest absolute Gasteiger partial charge is 0.495 e. The number of nitrogens with two attached hydrogens (primary N) is 2. The molecule has 0 saturated heterocycles. The number of benzene rings is 2. The van der Waals surface area contributed by atoms with Gasteiger partial charge in [-0.1, -0.05) is 11.6 Å². The molecule has 18 nitrogen and oxygen atoms in total. The Morgan fingerprint density at radius 1 is 1.06 bits per heavy atom. The van der Waals surface area contributed by atoms with Crippen molar-refractivity contribution >= 4 is 46.4 Å². The van der Waals surface area contributed by atoms with Crippen LogP contribution in [0.3, 0.4) is 0 Å². The highest BCUT2D eigenvalue weighted by atomic mass is 16.5. The molecule has 0 unspecified atom stereocenters. The van der Waals surface area contributed by atoms with Crippen LogP contribution in [-0.4, -0.2) is 83.1 Å². The van der Waals surface area contributed by atoms with Gasteiger partial charge in [0.05, 0.1) is 36.8 Å². The molecule has 5 rings (SSSR count). The number of ether oxygens (including phenoxy) is 1. The SMILES string of the molecule is COc1cc(C(=O)N[C@@H](CCCNC(=O)c2ccc(C)cc2-c2nn[nH]n2)C(=O)O)ccc1NCc1cnc2nc(N)nc(N)c2n1. The molecular weight excluding hydrogens is 610 g/mol. The number of carboxylic acid groups (broad SMARTS) is 1. The van der Waals surface area contributed by atoms with Gasteiger partial charge in [-0.05, 0) is 55.3 Å². The Bertz CT molecular complexity index is 1930. The normalized spacial score (nSPS) is 11.5. The smallest absolute Gasteiger partial charge is 0.326 e.